The van der Waals surface area contributed by atoms with Crippen molar-refractivity contribution in [3.8, 4) is 0 Å². The molecule has 1 aromatic heterocycles. The van der Waals surface area contributed by atoms with E-state index < -0.39 is 0 Å². The van der Waals surface area contributed by atoms with E-state index in [-0.39, 0.29) is 0 Å². The molecule has 0 bridgehead atoms. The monoisotopic (exact) mass is 249 g/mol. The molecule has 1 aromatic carbocycles. The number of hydrogen-bond donors (Lipinski definition) is 1. The fourth-order valence-electron chi connectivity index (χ4n) is 1.62. The smallest absolute Gasteiger partial charge is 0.0762 e. The Balaban J connectivity index is 1.98. The van der Waals surface area contributed by atoms with Crippen molar-refractivity contribution < 1.29 is 0 Å². The molecular weight excluding hydrogens is 234 g/mol. The Kier molecular flexibility index (Phi) is 4.18. The van der Waals surface area contributed by atoms with Gasteiger partial charge in [-0.05, 0) is 30.3 Å². The average Bonchev–Trinajstić information content (AvgIpc) is 2.77. The predicted octanol–water partition coefficient (Wildman–Crippen LogP) is 2.69. The lowest BCUT2D eigenvalue weighted by Crippen LogP contribution is -2.12. The Morgan fingerprint density at radius 2 is 2.00 bits per heavy atom. The van der Waals surface area contributed by atoms with E-state index in [2.05, 4.69) is 17.3 Å². The number of hydrogen-bond acceptors (Lipinski definition) is 2. The number of nitrogens with one attached hydrogen (secondary N) is 1. The van der Waals surface area contributed by atoms with Crippen LogP contribution in [0.5, 0.6) is 0 Å². The molecule has 0 amide bonds. The molecule has 0 radical (unpaired) electrons. The first kappa shape index (κ1) is 12.1. The second-order valence-electron chi connectivity index (χ2n) is 3.91. The van der Waals surface area contributed by atoms with Gasteiger partial charge >= 0.3 is 0 Å². The molecule has 17 heavy (non-hydrogen) atoms. The lowest BCUT2D eigenvalue weighted by Gasteiger charge is -2.02. The van der Waals surface area contributed by atoms with Gasteiger partial charge in [0.15, 0.2) is 0 Å². The first-order valence-corrected chi connectivity index (χ1v) is 6.13. The summed E-state index contributed by atoms with van der Waals surface area (Å²) in [4.78, 5) is 0. The highest BCUT2D eigenvalue weighted by Gasteiger charge is 1.99. The van der Waals surface area contributed by atoms with Crippen LogP contribution in [0.25, 0.3) is 0 Å². The lowest BCUT2D eigenvalue weighted by molar-refractivity contribution is 0.644. The molecule has 0 aliphatic heterocycles. The summed E-state index contributed by atoms with van der Waals surface area (Å²) in [6.07, 6.45) is 2.00. The molecule has 2 rings (SSSR count). The number of nitrogens with zero attached hydrogens (tertiary/aromatic N) is 2. The Bertz CT molecular complexity index is 462. The van der Waals surface area contributed by atoms with E-state index in [0.29, 0.717) is 0 Å². The van der Waals surface area contributed by atoms with Gasteiger partial charge in [0.1, 0.15) is 0 Å². The van der Waals surface area contributed by atoms with Gasteiger partial charge in [-0.15, -0.1) is 0 Å². The third kappa shape index (κ3) is 3.58. The highest BCUT2D eigenvalue weighted by molar-refractivity contribution is 6.30. The molecule has 4 heteroatoms. The van der Waals surface area contributed by atoms with Crippen LogP contribution < -0.4 is 5.32 Å². The van der Waals surface area contributed by atoms with Crippen molar-refractivity contribution in [2.45, 2.75) is 20.0 Å². The van der Waals surface area contributed by atoms with Crippen molar-refractivity contribution in [2.24, 2.45) is 0 Å². The largest absolute Gasteiger partial charge is 0.311 e. The molecule has 0 aliphatic carbocycles. The second-order valence-corrected chi connectivity index (χ2v) is 4.35. The summed E-state index contributed by atoms with van der Waals surface area (Å²) < 4.78 is 1.94. The highest BCUT2D eigenvalue weighted by atomic mass is 35.5. The Labute approximate surface area is 106 Å². The molecule has 3 nitrogen and oxygen atoms in total. The van der Waals surface area contributed by atoms with Crippen LogP contribution in [0.2, 0.25) is 5.02 Å². The van der Waals surface area contributed by atoms with Crippen molar-refractivity contribution >= 4 is 11.6 Å². The normalized spacial score (nSPS) is 10.7. The standard InChI is InChI=1S/C13H16ClN3/c1-2-15-9-13-7-8-17(16-13)10-11-3-5-12(14)6-4-11/h3-8,15H,2,9-10H2,1H3. The number of halogens is 1. The zero-order chi connectivity index (χ0) is 12.1. The maximum atomic E-state index is 5.85. The van der Waals surface area contributed by atoms with Gasteiger partial charge < -0.3 is 5.32 Å². The summed E-state index contributed by atoms with van der Waals surface area (Å²) in [6.45, 7) is 4.65. The molecule has 0 atom stereocenters. The molecule has 90 valence electrons. The summed E-state index contributed by atoms with van der Waals surface area (Å²) in [5, 5.41) is 8.51. The van der Waals surface area contributed by atoms with E-state index in [0.717, 1.165) is 30.4 Å². The van der Waals surface area contributed by atoms with Gasteiger partial charge in [-0.3, -0.25) is 4.68 Å². The summed E-state index contributed by atoms with van der Waals surface area (Å²) in [5.74, 6) is 0. The van der Waals surface area contributed by atoms with E-state index in [1.54, 1.807) is 0 Å². The van der Waals surface area contributed by atoms with Crippen molar-refractivity contribution in [3.63, 3.8) is 0 Å². The predicted molar refractivity (Wildman–Crippen MR) is 70.2 cm³/mol. The quantitative estimate of drug-likeness (QED) is 0.883. The van der Waals surface area contributed by atoms with Crippen molar-refractivity contribution in [1.29, 1.82) is 0 Å². The summed E-state index contributed by atoms with van der Waals surface area (Å²) >= 11 is 5.85. The first-order chi connectivity index (χ1) is 8.28. The minimum atomic E-state index is 0.766. The van der Waals surface area contributed by atoms with Crippen LogP contribution >= 0.6 is 11.6 Å². The van der Waals surface area contributed by atoms with Crippen LogP contribution in [0.1, 0.15) is 18.2 Å². The molecular formula is C13H16ClN3. The van der Waals surface area contributed by atoms with E-state index in [9.17, 15) is 0 Å². The Morgan fingerprint density at radius 1 is 1.24 bits per heavy atom. The van der Waals surface area contributed by atoms with Gasteiger partial charge in [0.2, 0.25) is 0 Å². The molecule has 2 aromatic rings. The lowest BCUT2D eigenvalue weighted by atomic mass is 10.2. The maximum absolute atomic E-state index is 5.85. The van der Waals surface area contributed by atoms with E-state index in [1.807, 2.05) is 41.2 Å². The SMILES string of the molecule is CCNCc1ccn(Cc2ccc(Cl)cc2)n1. The van der Waals surface area contributed by atoms with Crippen LogP contribution in [-0.2, 0) is 13.1 Å². The van der Waals surface area contributed by atoms with E-state index >= 15 is 0 Å². The first-order valence-electron chi connectivity index (χ1n) is 5.75. The molecule has 0 fully saturated rings. The van der Waals surface area contributed by atoms with Crippen molar-refractivity contribution in [2.75, 3.05) is 6.54 Å². The molecule has 0 saturated heterocycles. The number of benzene rings is 1. The molecule has 1 heterocycles. The summed E-state index contributed by atoms with van der Waals surface area (Å²) in [6, 6.07) is 9.89. The van der Waals surface area contributed by atoms with Crippen LogP contribution in [0.4, 0.5) is 0 Å². The number of rotatable bonds is 5. The Morgan fingerprint density at radius 3 is 2.71 bits per heavy atom. The molecule has 0 unspecified atom stereocenters. The zero-order valence-electron chi connectivity index (χ0n) is 9.86. The number of aromatic nitrogens is 2. The van der Waals surface area contributed by atoms with Crippen LogP contribution in [0, 0.1) is 0 Å². The van der Waals surface area contributed by atoms with E-state index in [1.165, 1.54) is 5.56 Å². The summed E-state index contributed by atoms with van der Waals surface area (Å²) in [5.41, 5.74) is 2.27. The van der Waals surface area contributed by atoms with Crippen LogP contribution in [-0.4, -0.2) is 16.3 Å². The maximum Gasteiger partial charge on any atom is 0.0762 e. The zero-order valence-corrected chi connectivity index (χ0v) is 10.6. The highest BCUT2D eigenvalue weighted by Crippen LogP contribution is 2.10. The molecule has 0 saturated carbocycles. The fourth-order valence-corrected chi connectivity index (χ4v) is 1.74. The van der Waals surface area contributed by atoms with Gasteiger partial charge in [0.25, 0.3) is 0 Å². The third-order valence-corrected chi connectivity index (χ3v) is 2.76. The van der Waals surface area contributed by atoms with Gasteiger partial charge in [-0.25, -0.2) is 0 Å². The topological polar surface area (TPSA) is 29.9 Å². The molecule has 0 aliphatic rings. The van der Waals surface area contributed by atoms with Gasteiger partial charge in [0.05, 0.1) is 12.2 Å². The fraction of sp³-hybridized carbons (Fsp3) is 0.308. The van der Waals surface area contributed by atoms with Gasteiger partial charge in [-0.2, -0.15) is 5.10 Å². The molecule has 0 spiro atoms. The van der Waals surface area contributed by atoms with Gasteiger partial charge in [-0.1, -0.05) is 30.7 Å². The third-order valence-electron chi connectivity index (χ3n) is 2.51. The second kappa shape index (κ2) is 5.84. The van der Waals surface area contributed by atoms with Crippen LogP contribution in [0.3, 0.4) is 0 Å². The average molecular weight is 250 g/mol. The minimum Gasteiger partial charge on any atom is -0.311 e. The Hall–Kier alpha value is -1.32. The summed E-state index contributed by atoms with van der Waals surface area (Å²) in [7, 11) is 0. The minimum absolute atomic E-state index is 0.766. The van der Waals surface area contributed by atoms with E-state index in [4.69, 9.17) is 11.6 Å². The van der Waals surface area contributed by atoms with Crippen LogP contribution in [0.15, 0.2) is 36.5 Å². The molecule has 1 N–H and O–H groups in total. The van der Waals surface area contributed by atoms with Crippen molar-refractivity contribution in [1.82, 2.24) is 15.1 Å². The van der Waals surface area contributed by atoms with Gasteiger partial charge in [0, 0.05) is 17.8 Å². The van der Waals surface area contributed by atoms with Crippen molar-refractivity contribution in [3.05, 3.63) is 52.8 Å².